The van der Waals surface area contributed by atoms with Gasteiger partial charge in [-0.15, -0.1) is 12.6 Å². The first-order chi connectivity index (χ1) is 16.3. The van der Waals surface area contributed by atoms with Crippen LogP contribution in [0, 0.1) is 7.43 Å². The van der Waals surface area contributed by atoms with Gasteiger partial charge in [0.25, 0.3) is 0 Å². The van der Waals surface area contributed by atoms with Gasteiger partial charge in [-0.25, -0.2) is 0 Å². The molecule has 0 amide bonds. The Balaban J connectivity index is 0.00000137. The average molecular weight is 561 g/mol. The zero-order valence-corrected chi connectivity index (χ0v) is 25.1. The first-order valence-electron chi connectivity index (χ1n) is 14.3. The fraction of sp³-hybridized carbons (Fsp3) is 0.964. The Hall–Kier alpha value is 0.979. The van der Waals surface area contributed by atoms with Gasteiger partial charge in [0.2, 0.25) is 0 Å². The summed E-state index contributed by atoms with van der Waals surface area (Å²) in [4.78, 5) is 5.71. The van der Waals surface area contributed by atoms with Gasteiger partial charge >= 0.3 is 33.3 Å². The Morgan fingerprint density at radius 2 is 1.00 bits per heavy atom. The van der Waals surface area contributed by atoms with Crippen LogP contribution in [0.4, 0.5) is 0 Å². The van der Waals surface area contributed by atoms with Crippen LogP contribution in [0.3, 0.4) is 0 Å². The SMILES string of the molecule is CCN(CCN(CC[N-]C1CCCCCC1)C1CCCCCC1)C1CCCCCC1.[CH3-].[Cl][Fe][Cl]. The van der Waals surface area contributed by atoms with Crippen molar-refractivity contribution >= 4 is 20.2 Å². The molecule has 0 saturated heterocycles. The molecule has 3 nitrogen and oxygen atoms in total. The fourth-order valence-electron chi connectivity index (χ4n) is 6.39. The summed E-state index contributed by atoms with van der Waals surface area (Å²) in [6.45, 7) is 8.47. The molecule has 34 heavy (non-hydrogen) atoms. The third-order valence-corrected chi connectivity index (χ3v) is 8.36. The van der Waals surface area contributed by atoms with Crippen molar-refractivity contribution in [2.45, 2.75) is 141 Å². The van der Waals surface area contributed by atoms with Gasteiger partial charge < -0.3 is 17.6 Å². The molecule has 3 aliphatic rings. The Morgan fingerprint density at radius 3 is 1.44 bits per heavy atom. The van der Waals surface area contributed by atoms with Gasteiger partial charge in [-0.2, -0.15) is 0 Å². The van der Waals surface area contributed by atoms with Gasteiger partial charge in [0.1, 0.15) is 0 Å². The zero-order valence-electron chi connectivity index (χ0n) is 22.4. The third kappa shape index (κ3) is 14.1. The Kier molecular flexibility index (Phi) is 21.4. The summed E-state index contributed by atoms with van der Waals surface area (Å²) in [5, 5.41) is 5.20. The van der Waals surface area contributed by atoms with Crippen LogP contribution in [-0.4, -0.2) is 60.6 Å². The van der Waals surface area contributed by atoms with Gasteiger partial charge in [-0.05, 0) is 38.8 Å². The molecule has 3 saturated carbocycles. The molecule has 6 heteroatoms. The van der Waals surface area contributed by atoms with Crippen LogP contribution >= 0.6 is 20.2 Å². The zero-order chi connectivity index (χ0) is 23.6. The van der Waals surface area contributed by atoms with Crippen molar-refractivity contribution < 1.29 is 13.1 Å². The van der Waals surface area contributed by atoms with Gasteiger partial charge in [0, 0.05) is 25.2 Å². The summed E-state index contributed by atoms with van der Waals surface area (Å²) in [6.07, 6.45) is 25.8. The quantitative estimate of drug-likeness (QED) is 0.151. The second-order valence-corrected chi connectivity index (χ2v) is 12.4. The minimum atomic E-state index is 0. The maximum atomic E-state index is 5.20. The monoisotopic (exact) mass is 559 g/mol. The number of nitrogens with zero attached hydrogens (tertiary/aromatic N) is 3. The molecule has 0 N–H and O–H groups in total. The standard InChI is InChI=1S/C27H52N3.CH3.2ClH.Fe/c1-2-29(26-17-11-5-6-12-18-26)23-24-30(27-19-13-7-8-14-20-27)22-21-28-25-15-9-3-4-10-16-25;;;;/h25-27H,2-24H2,1H3;1H3;2*1H;/q2*-1;;;+2/p-2. The molecular formula is C28H55Cl2FeN3-2. The van der Waals surface area contributed by atoms with E-state index in [1.165, 1.54) is 142 Å². The van der Waals surface area contributed by atoms with E-state index in [4.69, 9.17) is 25.5 Å². The van der Waals surface area contributed by atoms with Crippen LogP contribution in [0.1, 0.15) is 122 Å². The molecule has 3 rings (SSSR count). The summed E-state index contributed by atoms with van der Waals surface area (Å²) >= 11 is 0.194. The van der Waals surface area contributed by atoms with Crippen molar-refractivity contribution in [1.82, 2.24) is 9.80 Å². The Labute approximate surface area is 228 Å². The van der Waals surface area contributed by atoms with E-state index >= 15 is 0 Å². The topological polar surface area (TPSA) is 20.6 Å². The van der Waals surface area contributed by atoms with E-state index in [1.807, 2.05) is 0 Å². The molecule has 0 heterocycles. The van der Waals surface area contributed by atoms with Gasteiger partial charge in [0.15, 0.2) is 0 Å². The average Bonchev–Trinajstić information content (AvgIpc) is 3.35. The molecule has 0 bridgehead atoms. The number of likely N-dealkylation sites (N-methyl/N-ethyl adjacent to an activating group) is 1. The molecule has 0 unspecified atom stereocenters. The summed E-state index contributed by atoms with van der Waals surface area (Å²) < 4.78 is 0. The first-order valence-corrected chi connectivity index (χ1v) is 17.3. The van der Waals surface area contributed by atoms with E-state index < -0.39 is 0 Å². The van der Waals surface area contributed by atoms with Crippen molar-refractivity contribution in [2.75, 3.05) is 32.7 Å². The summed E-state index contributed by atoms with van der Waals surface area (Å²) in [5.41, 5.74) is 0. The predicted octanol–water partition coefficient (Wildman–Crippen LogP) is 8.98. The van der Waals surface area contributed by atoms with Crippen molar-refractivity contribution in [1.29, 1.82) is 0 Å². The molecule has 3 aliphatic carbocycles. The molecule has 206 valence electrons. The predicted molar refractivity (Wildman–Crippen MR) is 150 cm³/mol. The molecule has 0 aromatic carbocycles. The van der Waals surface area contributed by atoms with E-state index in [-0.39, 0.29) is 20.6 Å². The van der Waals surface area contributed by atoms with E-state index in [0.717, 1.165) is 18.6 Å². The molecule has 3 fully saturated rings. The van der Waals surface area contributed by atoms with E-state index in [1.54, 1.807) is 0 Å². The minimum absolute atomic E-state index is 0. The maximum absolute atomic E-state index is 5.20. The van der Waals surface area contributed by atoms with Crippen molar-refractivity contribution in [3.05, 3.63) is 12.7 Å². The molecule has 0 radical (unpaired) electrons. The van der Waals surface area contributed by atoms with E-state index in [9.17, 15) is 0 Å². The van der Waals surface area contributed by atoms with Crippen molar-refractivity contribution in [3.8, 4) is 0 Å². The molecule has 0 aromatic heterocycles. The van der Waals surface area contributed by atoms with Crippen LogP contribution in [-0.2, 0) is 13.1 Å². The Morgan fingerprint density at radius 1 is 0.618 bits per heavy atom. The van der Waals surface area contributed by atoms with Crippen LogP contribution in [0.5, 0.6) is 0 Å². The molecule has 0 aromatic rings. The molecular weight excluding hydrogens is 505 g/mol. The normalized spacial score (nSPS) is 21.9. The van der Waals surface area contributed by atoms with Crippen LogP contribution < -0.4 is 0 Å². The second kappa shape index (κ2) is 22.0. The summed E-state index contributed by atoms with van der Waals surface area (Å²) in [5.74, 6) is 0. The number of rotatable bonds is 10. The number of halogens is 2. The molecule has 0 aliphatic heterocycles. The van der Waals surface area contributed by atoms with Crippen molar-refractivity contribution in [3.63, 3.8) is 0 Å². The van der Waals surface area contributed by atoms with Gasteiger partial charge in [0.05, 0.1) is 0 Å². The van der Waals surface area contributed by atoms with Crippen LogP contribution in [0.25, 0.3) is 5.32 Å². The number of hydrogen-bond acceptors (Lipinski definition) is 2. The molecule has 0 atom stereocenters. The van der Waals surface area contributed by atoms with Crippen molar-refractivity contribution in [2.24, 2.45) is 0 Å². The van der Waals surface area contributed by atoms with Gasteiger partial charge in [-0.3, -0.25) is 4.90 Å². The van der Waals surface area contributed by atoms with Crippen LogP contribution in [0.15, 0.2) is 0 Å². The molecule has 0 spiro atoms. The first kappa shape index (κ1) is 33.0. The third-order valence-electron chi connectivity index (χ3n) is 8.36. The Bertz CT molecular complexity index is 433. The van der Waals surface area contributed by atoms with Crippen LogP contribution in [0.2, 0.25) is 0 Å². The fourth-order valence-corrected chi connectivity index (χ4v) is 6.39. The van der Waals surface area contributed by atoms with E-state index in [0.29, 0.717) is 6.04 Å². The number of hydrogen-bond donors (Lipinski definition) is 0. The summed E-state index contributed by atoms with van der Waals surface area (Å²) in [7, 11) is 9.53. The van der Waals surface area contributed by atoms with Gasteiger partial charge in [-0.1, -0.05) is 96.8 Å². The van der Waals surface area contributed by atoms with E-state index in [2.05, 4.69) is 16.7 Å². The second-order valence-electron chi connectivity index (χ2n) is 10.6. The summed E-state index contributed by atoms with van der Waals surface area (Å²) in [6, 6.07) is 2.34.